The summed E-state index contributed by atoms with van der Waals surface area (Å²) in [4.78, 5) is 23.2. The van der Waals surface area contributed by atoms with Crippen LogP contribution in [0, 0.1) is 0 Å². The van der Waals surface area contributed by atoms with Gasteiger partial charge >= 0.3 is 5.97 Å². The molecule has 3 aromatic rings. The third-order valence-corrected chi connectivity index (χ3v) is 6.24. The van der Waals surface area contributed by atoms with Crippen LogP contribution in [0.5, 0.6) is 17.2 Å². The third-order valence-electron chi connectivity index (χ3n) is 5.59. The van der Waals surface area contributed by atoms with Crippen LogP contribution >= 0.6 is 23.2 Å². The normalized spacial score (nSPS) is 18.6. The molecule has 1 unspecified atom stereocenters. The number of carbonyl (C=O) groups is 1. The Morgan fingerprint density at radius 1 is 1.03 bits per heavy atom. The Bertz CT molecular complexity index is 1220. The number of halogens is 2. The molecule has 1 atom stereocenters. The molecule has 0 amide bonds. The fourth-order valence-electron chi connectivity index (χ4n) is 4.21. The number of hydrogen-bond donors (Lipinski definition) is 0. The van der Waals surface area contributed by atoms with Crippen LogP contribution in [0.4, 0.5) is 0 Å². The molecule has 0 radical (unpaired) electrons. The van der Waals surface area contributed by atoms with E-state index >= 15 is 0 Å². The zero-order valence-electron chi connectivity index (χ0n) is 16.8. The first-order valence-electron chi connectivity index (χ1n) is 9.86. The molecule has 7 heteroatoms. The SMILES string of the molecule is CCc1cc2c(cc1Cl)C1(OOCc3ccccc31)c1cc(Cl)c(OC(C)=O)cc1O2. The van der Waals surface area contributed by atoms with Crippen molar-refractivity contribution in [3.8, 4) is 17.2 Å². The van der Waals surface area contributed by atoms with Crippen molar-refractivity contribution >= 4 is 29.2 Å². The van der Waals surface area contributed by atoms with Gasteiger partial charge in [0, 0.05) is 34.7 Å². The van der Waals surface area contributed by atoms with Crippen molar-refractivity contribution < 1.29 is 24.0 Å². The first-order valence-corrected chi connectivity index (χ1v) is 10.6. The van der Waals surface area contributed by atoms with Crippen molar-refractivity contribution in [3.63, 3.8) is 0 Å². The first-order chi connectivity index (χ1) is 14.9. The molecule has 5 nitrogen and oxygen atoms in total. The molecule has 3 aromatic carbocycles. The summed E-state index contributed by atoms with van der Waals surface area (Å²) in [6.45, 7) is 3.65. The molecule has 5 rings (SSSR count). The molecule has 2 heterocycles. The van der Waals surface area contributed by atoms with E-state index in [1.807, 2.05) is 43.3 Å². The Morgan fingerprint density at radius 2 is 1.74 bits per heavy atom. The summed E-state index contributed by atoms with van der Waals surface area (Å²) in [6, 6.07) is 14.9. The molecule has 2 aliphatic rings. The van der Waals surface area contributed by atoms with Gasteiger partial charge in [-0.3, -0.25) is 4.79 Å². The maximum atomic E-state index is 11.5. The van der Waals surface area contributed by atoms with Gasteiger partial charge in [0.2, 0.25) is 0 Å². The van der Waals surface area contributed by atoms with Gasteiger partial charge in [-0.25, -0.2) is 9.78 Å². The highest BCUT2D eigenvalue weighted by atomic mass is 35.5. The zero-order chi connectivity index (χ0) is 21.8. The number of carbonyl (C=O) groups excluding carboxylic acids is 1. The van der Waals surface area contributed by atoms with Gasteiger partial charge in [-0.2, -0.15) is 0 Å². The van der Waals surface area contributed by atoms with E-state index in [1.54, 1.807) is 12.1 Å². The number of fused-ring (bicyclic) bond motifs is 6. The minimum absolute atomic E-state index is 0.209. The molecule has 0 aromatic heterocycles. The summed E-state index contributed by atoms with van der Waals surface area (Å²) in [7, 11) is 0. The highest BCUT2D eigenvalue weighted by Gasteiger charge is 2.50. The Labute approximate surface area is 189 Å². The summed E-state index contributed by atoms with van der Waals surface area (Å²) in [5, 5.41) is 0.866. The van der Waals surface area contributed by atoms with Gasteiger partial charge in [0.1, 0.15) is 18.1 Å². The lowest BCUT2D eigenvalue weighted by atomic mass is 9.75. The van der Waals surface area contributed by atoms with Crippen LogP contribution in [-0.2, 0) is 33.2 Å². The highest BCUT2D eigenvalue weighted by Crippen LogP contribution is 2.57. The van der Waals surface area contributed by atoms with Crippen molar-refractivity contribution in [1.82, 2.24) is 0 Å². The molecule has 0 fully saturated rings. The largest absolute Gasteiger partial charge is 0.456 e. The van der Waals surface area contributed by atoms with E-state index in [0.29, 0.717) is 34.3 Å². The Hall–Kier alpha value is -2.57. The van der Waals surface area contributed by atoms with Gasteiger partial charge in [0.15, 0.2) is 11.4 Å². The van der Waals surface area contributed by atoms with E-state index in [0.717, 1.165) is 23.1 Å². The average molecular weight is 457 g/mol. The average Bonchev–Trinajstić information content (AvgIpc) is 2.75. The van der Waals surface area contributed by atoms with Crippen molar-refractivity contribution in [3.05, 3.63) is 86.4 Å². The molecule has 158 valence electrons. The molecule has 1 spiro atoms. The third kappa shape index (κ3) is 3.12. The standard InChI is InChI=1S/C24H18Cl2O5/c1-3-14-8-21-17(9-19(14)25)24(16-7-5-4-6-15(16)12-28-31-24)18-10-20(26)23(29-13(2)27)11-22(18)30-21/h4-11H,3,12H2,1-2H3. The first kappa shape index (κ1) is 20.3. The van der Waals surface area contributed by atoms with Gasteiger partial charge < -0.3 is 9.47 Å². The molecular formula is C24H18Cl2O5. The molecular weight excluding hydrogens is 439 g/mol. The van der Waals surface area contributed by atoms with Gasteiger partial charge in [0.05, 0.1) is 5.02 Å². The van der Waals surface area contributed by atoms with Crippen LogP contribution in [0.15, 0.2) is 48.5 Å². The van der Waals surface area contributed by atoms with Crippen molar-refractivity contribution in [2.24, 2.45) is 0 Å². The number of hydrogen-bond acceptors (Lipinski definition) is 5. The summed E-state index contributed by atoms with van der Waals surface area (Å²) in [5.41, 5.74) is 3.02. The second kappa shape index (κ2) is 7.53. The van der Waals surface area contributed by atoms with Gasteiger partial charge in [0.25, 0.3) is 0 Å². The molecule has 0 aliphatic carbocycles. The Balaban J connectivity index is 1.84. The molecule has 0 bridgehead atoms. The quantitative estimate of drug-likeness (QED) is 0.255. The topological polar surface area (TPSA) is 54.0 Å². The van der Waals surface area contributed by atoms with E-state index in [1.165, 1.54) is 6.92 Å². The van der Waals surface area contributed by atoms with E-state index in [4.69, 9.17) is 42.5 Å². The van der Waals surface area contributed by atoms with E-state index < -0.39 is 11.6 Å². The minimum Gasteiger partial charge on any atom is -0.456 e. The number of benzene rings is 3. The lowest BCUT2D eigenvalue weighted by molar-refractivity contribution is -0.363. The van der Waals surface area contributed by atoms with Crippen LogP contribution in [0.25, 0.3) is 0 Å². The minimum atomic E-state index is -1.15. The second-order valence-corrected chi connectivity index (χ2v) is 8.27. The van der Waals surface area contributed by atoms with E-state index in [2.05, 4.69) is 0 Å². The predicted molar refractivity (Wildman–Crippen MR) is 116 cm³/mol. The smallest absolute Gasteiger partial charge is 0.308 e. The van der Waals surface area contributed by atoms with E-state index in [-0.39, 0.29) is 10.8 Å². The Morgan fingerprint density at radius 3 is 2.48 bits per heavy atom. The summed E-state index contributed by atoms with van der Waals surface area (Å²) in [5.74, 6) is 0.777. The molecule has 0 N–H and O–H groups in total. The summed E-state index contributed by atoms with van der Waals surface area (Å²) >= 11 is 13.1. The predicted octanol–water partition coefficient (Wildman–Crippen LogP) is 6.34. The highest BCUT2D eigenvalue weighted by molar-refractivity contribution is 6.32. The summed E-state index contributed by atoms with van der Waals surface area (Å²) in [6.07, 6.45) is 0.739. The van der Waals surface area contributed by atoms with Crippen LogP contribution in [0.2, 0.25) is 10.0 Å². The fraction of sp³-hybridized carbons (Fsp3) is 0.208. The van der Waals surface area contributed by atoms with Crippen LogP contribution in [-0.4, -0.2) is 5.97 Å². The monoisotopic (exact) mass is 456 g/mol. The van der Waals surface area contributed by atoms with E-state index in [9.17, 15) is 4.79 Å². The molecule has 0 saturated heterocycles. The molecule has 31 heavy (non-hydrogen) atoms. The number of ether oxygens (including phenoxy) is 2. The van der Waals surface area contributed by atoms with Crippen LogP contribution in [0.3, 0.4) is 0 Å². The van der Waals surface area contributed by atoms with Gasteiger partial charge in [-0.1, -0.05) is 54.4 Å². The number of rotatable bonds is 2. The van der Waals surface area contributed by atoms with Gasteiger partial charge in [-0.05, 0) is 35.7 Å². The lowest BCUT2D eigenvalue weighted by Crippen LogP contribution is -2.39. The van der Waals surface area contributed by atoms with Crippen molar-refractivity contribution in [1.29, 1.82) is 0 Å². The maximum Gasteiger partial charge on any atom is 0.308 e. The number of esters is 1. The van der Waals surface area contributed by atoms with Crippen molar-refractivity contribution in [2.75, 3.05) is 0 Å². The summed E-state index contributed by atoms with van der Waals surface area (Å²) < 4.78 is 11.5. The second-order valence-electron chi connectivity index (χ2n) is 7.45. The lowest BCUT2D eigenvalue weighted by Gasteiger charge is -2.42. The molecule has 2 aliphatic heterocycles. The maximum absolute atomic E-state index is 11.5. The van der Waals surface area contributed by atoms with Crippen molar-refractivity contribution in [2.45, 2.75) is 32.5 Å². The van der Waals surface area contributed by atoms with Gasteiger partial charge in [-0.15, -0.1) is 0 Å². The van der Waals surface area contributed by atoms with Crippen LogP contribution in [0.1, 0.15) is 41.7 Å². The zero-order valence-corrected chi connectivity index (χ0v) is 18.3. The number of aryl methyl sites for hydroxylation is 1. The van der Waals surface area contributed by atoms with Crippen LogP contribution < -0.4 is 9.47 Å². The molecule has 0 saturated carbocycles. The Kier molecular flexibility index (Phi) is 4.94. The fourth-order valence-corrected chi connectivity index (χ4v) is 4.71.